The Kier molecular flexibility index (Phi) is 9.51. The first-order valence-corrected chi connectivity index (χ1v) is 7.45. The van der Waals surface area contributed by atoms with Gasteiger partial charge in [0.15, 0.2) is 0 Å². The van der Waals surface area contributed by atoms with E-state index in [4.69, 9.17) is 4.43 Å². The number of unbranched alkanes of at least 4 members (excludes halogenated alkanes) is 3. The van der Waals surface area contributed by atoms with Gasteiger partial charge >= 0.3 is 10.5 Å². The molecule has 0 rings (SSSR count). The summed E-state index contributed by atoms with van der Waals surface area (Å²) in [6.07, 6.45) is 9.61. The fourth-order valence-electron chi connectivity index (χ4n) is 2.33. The largest absolute Gasteiger partial charge is 0.516 e. The predicted octanol–water partition coefficient (Wildman–Crippen LogP) is 4.17. The third-order valence-corrected chi connectivity index (χ3v) is 3.74. The zero-order chi connectivity index (χ0) is 13.1. The van der Waals surface area contributed by atoms with Gasteiger partial charge in [-0.3, -0.25) is 4.79 Å². The van der Waals surface area contributed by atoms with Crippen molar-refractivity contribution < 1.29 is 9.22 Å². The Balaban J connectivity index is 4.70. The van der Waals surface area contributed by atoms with E-state index in [1.165, 1.54) is 0 Å². The SMILES string of the molecule is CCCCC(CCCC)(CCCC)C(=O)O[Si]. The van der Waals surface area contributed by atoms with Gasteiger partial charge in [-0.2, -0.15) is 0 Å². The summed E-state index contributed by atoms with van der Waals surface area (Å²) in [4.78, 5) is 12.1. The van der Waals surface area contributed by atoms with Crippen LogP contribution in [-0.4, -0.2) is 16.5 Å². The maximum Gasteiger partial charge on any atom is 0.345 e. The van der Waals surface area contributed by atoms with Crippen LogP contribution in [0, 0.1) is 5.41 Å². The fourth-order valence-corrected chi connectivity index (χ4v) is 2.55. The maximum absolute atomic E-state index is 12.1. The van der Waals surface area contributed by atoms with E-state index in [9.17, 15) is 4.79 Å². The molecule has 0 amide bonds. The van der Waals surface area contributed by atoms with Gasteiger partial charge in [0.25, 0.3) is 5.97 Å². The molecule has 0 fully saturated rings. The fraction of sp³-hybridized carbons (Fsp3) is 0.929. The van der Waals surface area contributed by atoms with Gasteiger partial charge in [0, 0.05) is 0 Å². The van der Waals surface area contributed by atoms with E-state index < -0.39 is 0 Å². The van der Waals surface area contributed by atoms with Crippen LogP contribution in [0.15, 0.2) is 0 Å². The highest BCUT2D eigenvalue weighted by Crippen LogP contribution is 2.37. The molecular weight excluding hydrogens is 228 g/mol. The van der Waals surface area contributed by atoms with Crippen molar-refractivity contribution in [1.82, 2.24) is 0 Å². The Morgan fingerprint density at radius 1 is 0.941 bits per heavy atom. The molecule has 0 spiro atoms. The Morgan fingerprint density at radius 2 is 1.29 bits per heavy atom. The van der Waals surface area contributed by atoms with Crippen LogP contribution in [-0.2, 0) is 9.22 Å². The third-order valence-electron chi connectivity index (χ3n) is 3.55. The summed E-state index contributed by atoms with van der Waals surface area (Å²) >= 11 is 0. The average Bonchev–Trinajstić information content (AvgIpc) is 2.37. The van der Waals surface area contributed by atoms with Crippen molar-refractivity contribution in [2.45, 2.75) is 78.6 Å². The number of carbonyl (C=O) groups excluding carboxylic acids is 1. The molecular formula is C14H27O2Si. The van der Waals surface area contributed by atoms with Crippen molar-refractivity contribution >= 4 is 16.5 Å². The summed E-state index contributed by atoms with van der Waals surface area (Å²) in [5.74, 6) is -0.0653. The first kappa shape index (κ1) is 16.7. The molecule has 0 N–H and O–H groups in total. The number of hydrogen-bond donors (Lipinski definition) is 0. The molecule has 17 heavy (non-hydrogen) atoms. The zero-order valence-corrected chi connectivity index (χ0v) is 12.7. The molecule has 0 aliphatic heterocycles. The molecule has 0 atom stereocenters. The van der Waals surface area contributed by atoms with Crippen molar-refractivity contribution in [1.29, 1.82) is 0 Å². The van der Waals surface area contributed by atoms with Gasteiger partial charge in [-0.25, -0.2) is 0 Å². The van der Waals surface area contributed by atoms with Crippen molar-refractivity contribution in [2.75, 3.05) is 0 Å². The van der Waals surface area contributed by atoms with Crippen LogP contribution in [0.25, 0.3) is 0 Å². The monoisotopic (exact) mass is 255 g/mol. The molecule has 0 aromatic carbocycles. The van der Waals surface area contributed by atoms with Crippen molar-refractivity contribution in [3.8, 4) is 0 Å². The van der Waals surface area contributed by atoms with E-state index in [-0.39, 0.29) is 11.4 Å². The van der Waals surface area contributed by atoms with Gasteiger partial charge in [0.1, 0.15) is 0 Å². The highest BCUT2D eigenvalue weighted by molar-refractivity contribution is 6.06. The lowest BCUT2D eigenvalue weighted by Gasteiger charge is -2.31. The van der Waals surface area contributed by atoms with Gasteiger partial charge in [0.2, 0.25) is 0 Å². The molecule has 3 radical (unpaired) electrons. The minimum atomic E-state index is -0.246. The number of hydrogen-bond acceptors (Lipinski definition) is 2. The maximum atomic E-state index is 12.1. The van der Waals surface area contributed by atoms with Crippen molar-refractivity contribution in [2.24, 2.45) is 5.41 Å². The van der Waals surface area contributed by atoms with E-state index in [0.717, 1.165) is 57.8 Å². The Hall–Kier alpha value is -0.313. The quantitative estimate of drug-likeness (QED) is 0.548. The molecule has 99 valence electrons. The second-order valence-electron chi connectivity index (χ2n) is 4.98. The van der Waals surface area contributed by atoms with Gasteiger partial charge in [-0.1, -0.05) is 59.3 Å². The average molecular weight is 255 g/mol. The van der Waals surface area contributed by atoms with E-state index in [1.807, 2.05) is 0 Å². The third kappa shape index (κ3) is 5.71. The first-order valence-electron chi connectivity index (χ1n) is 7.04. The van der Waals surface area contributed by atoms with E-state index >= 15 is 0 Å². The summed E-state index contributed by atoms with van der Waals surface area (Å²) in [5.41, 5.74) is -0.246. The smallest absolute Gasteiger partial charge is 0.345 e. The molecule has 0 heterocycles. The second-order valence-corrected chi connectivity index (χ2v) is 5.18. The number of carbonyl (C=O) groups is 1. The molecule has 0 bridgehead atoms. The Labute approximate surface area is 110 Å². The molecule has 0 aromatic heterocycles. The molecule has 0 aliphatic carbocycles. The zero-order valence-electron chi connectivity index (χ0n) is 11.7. The van der Waals surface area contributed by atoms with Crippen LogP contribution in [0.5, 0.6) is 0 Å². The molecule has 0 saturated heterocycles. The van der Waals surface area contributed by atoms with Gasteiger partial charge in [-0.05, 0) is 19.3 Å². The number of rotatable bonds is 10. The normalized spacial score (nSPS) is 11.5. The van der Waals surface area contributed by atoms with Gasteiger partial charge in [0.05, 0.1) is 5.41 Å². The minimum absolute atomic E-state index is 0.0653. The Morgan fingerprint density at radius 3 is 1.53 bits per heavy atom. The predicted molar refractivity (Wildman–Crippen MR) is 72.9 cm³/mol. The summed E-state index contributed by atoms with van der Waals surface area (Å²) < 4.78 is 4.87. The van der Waals surface area contributed by atoms with Crippen LogP contribution < -0.4 is 0 Å². The molecule has 0 aromatic rings. The lowest BCUT2D eigenvalue weighted by Crippen LogP contribution is -2.33. The Bertz CT molecular complexity index is 183. The first-order chi connectivity index (χ1) is 8.16. The lowest BCUT2D eigenvalue weighted by atomic mass is 9.74. The summed E-state index contributed by atoms with van der Waals surface area (Å²) in [7, 11) is 2.93. The summed E-state index contributed by atoms with van der Waals surface area (Å²) in [6.45, 7) is 6.51. The van der Waals surface area contributed by atoms with Gasteiger partial charge < -0.3 is 4.43 Å². The molecule has 2 nitrogen and oxygen atoms in total. The highest BCUT2D eigenvalue weighted by atomic mass is 28.2. The van der Waals surface area contributed by atoms with Crippen LogP contribution in [0.1, 0.15) is 78.6 Å². The molecule has 0 aliphatic rings. The lowest BCUT2D eigenvalue weighted by molar-refractivity contribution is -0.147. The second kappa shape index (κ2) is 9.69. The highest BCUT2D eigenvalue weighted by Gasteiger charge is 2.37. The van der Waals surface area contributed by atoms with Crippen LogP contribution in [0.2, 0.25) is 0 Å². The van der Waals surface area contributed by atoms with Crippen molar-refractivity contribution in [3.05, 3.63) is 0 Å². The molecule has 3 heteroatoms. The van der Waals surface area contributed by atoms with Gasteiger partial charge in [-0.15, -0.1) is 0 Å². The van der Waals surface area contributed by atoms with E-state index in [0.29, 0.717) is 0 Å². The summed E-state index contributed by atoms with van der Waals surface area (Å²) in [6, 6.07) is 0. The summed E-state index contributed by atoms with van der Waals surface area (Å²) in [5, 5.41) is 0. The van der Waals surface area contributed by atoms with Crippen LogP contribution in [0.3, 0.4) is 0 Å². The molecule has 0 unspecified atom stereocenters. The van der Waals surface area contributed by atoms with Crippen molar-refractivity contribution in [3.63, 3.8) is 0 Å². The van der Waals surface area contributed by atoms with E-state index in [2.05, 4.69) is 31.3 Å². The van der Waals surface area contributed by atoms with Crippen LogP contribution >= 0.6 is 0 Å². The topological polar surface area (TPSA) is 26.3 Å². The molecule has 0 saturated carbocycles. The van der Waals surface area contributed by atoms with E-state index in [1.54, 1.807) is 0 Å². The standard InChI is InChI=1S/C14H27O2Si/c1-4-7-10-14(11-8-5-2,12-9-6-3)13(15)16-17/h4-12H2,1-3H3. The minimum Gasteiger partial charge on any atom is -0.516 e. The van der Waals surface area contributed by atoms with Crippen LogP contribution in [0.4, 0.5) is 0 Å².